The average molecular weight is 485 g/mol. The second kappa shape index (κ2) is 10.1. The number of ether oxygens (including phenoxy) is 1. The normalized spacial score (nSPS) is 20.3. The number of anilines is 2. The van der Waals surface area contributed by atoms with E-state index in [2.05, 4.69) is 31.3 Å². The Morgan fingerprint density at radius 2 is 1.89 bits per heavy atom. The number of aromatic nitrogens is 3. The molecule has 6 rings (SSSR count). The molecule has 0 bridgehead atoms. The molecule has 0 unspecified atom stereocenters. The molecule has 2 atom stereocenters. The standard InChI is InChI=1S/C28H32N6O2/c1-20-6-4-10-26(30-20)29-16-22-7-5-11-27(31-22)35-19-21-12-13-23-18-34(15-14-33(23)17-21)28-24-8-2-3-9-25(24)36-32-28/h2-11,21,23H,12-19H2,1H3,(H,29,30)/t21-,23-/m1/s1. The van der Waals surface area contributed by atoms with E-state index in [1.165, 1.54) is 6.42 Å². The minimum Gasteiger partial charge on any atom is -0.477 e. The molecule has 8 heteroatoms. The summed E-state index contributed by atoms with van der Waals surface area (Å²) >= 11 is 0. The molecule has 36 heavy (non-hydrogen) atoms. The number of piperidine rings is 1. The third kappa shape index (κ3) is 4.99. The number of pyridine rings is 2. The summed E-state index contributed by atoms with van der Waals surface area (Å²) in [4.78, 5) is 14.2. The zero-order valence-electron chi connectivity index (χ0n) is 20.6. The molecule has 1 aromatic carbocycles. The molecule has 0 amide bonds. The van der Waals surface area contributed by atoms with Gasteiger partial charge >= 0.3 is 0 Å². The van der Waals surface area contributed by atoms with E-state index in [0.717, 1.165) is 66.6 Å². The Bertz CT molecular complexity index is 1320. The molecule has 2 fully saturated rings. The number of hydrogen-bond donors (Lipinski definition) is 1. The first-order valence-corrected chi connectivity index (χ1v) is 12.8. The van der Waals surface area contributed by atoms with Crippen molar-refractivity contribution >= 4 is 22.6 Å². The molecule has 3 aromatic heterocycles. The van der Waals surface area contributed by atoms with E-state index in [0.29, 0.717) is 31.0 Å². The zero-order chi connectivity index (χ0) is 24.3. The zero-order valence-corrected chi connectivity index (χ0v) is 20.6. The maximum atomic E-state index is 6.15. The summed E-state index contributed by atoms with van der Waals surface area (Å²) in [7, 11) is 0. The maximum absolute atomic E-state index is 6.15. The van der Waals surface area contributed by atoms with Gasteiger partial charge in [-0.05, 0) is 50.1 Å². The van der Waals surface area contributed by atoms with Crippen LogP contribution in [0.3, 0.4) is 0 Å². The first kappa shape index (κ1) is 22.8. The summed E-state index contributed by atoms with van der Waals surface area (Å²) in [6.45, 7) is 7.37. The van der Waals surface area contributed by atoms with E-state index in [-0.39, 0.29) is 0 Å². The lowest BCUT2D eigenvalue weighted by Crippen LogP contribution is -2.57. The SMILES string of the molecule is Cc1cccc(NCc2cccc(OC[C@@H]3CC[C@@H]4CN(c5noc6ccccc56)CCN4C3)n2)n1. The molecular weight excluding hydrogens is 452 g/mol. The van der Waals surface area contributed by atoms with Gasteiger partial charge in [0.15, 0.2) is 11.4 Å². The first-order chi connectivity index (χ1) is 17.7. The Labute approximate surface area is 211 Å². The number of benzene rings is 1. The van der Waals surface area contributed by atoms with Crippen LogP contribution in [0, 0.1) is 12.8 Å². The smallest absolute Gasteiger partial charge is 0.213 e. The summed E-state index contributed by atoms with van der Waals surface area (Å²) in [5.74, 6) is 3.04. The third-order valence-corrected chi connectivity index (χ3v) is 7.25. The van der Waals surface area contributed by atoms with Crippen molar-refractivity contribution in [2.75, 3.05) is 43.0 Å². The molecule has 2 aliphatic heterocycles. The quantitative estimate of drug-likeness (QED) is 0.410. The lowest BCUT2D eigenvalue weighted by atomic mass is 9.91. The highest BCUT2D eigenvalue weighted by Gasteiger charge is 2.34. The van der Waals surface area contributed by atoms with E-state index < -0.39 is 0 Å². The van der Waals surface area contributed by atoms with Gasteiger partial charge in [0.1, 0.15) is 5.82 Å². The van der Waals surface area contributed by atoms with Gasteiger partial charge in [-0.1, -0.05) is 29.4 Å². The van der Waals surface area contributed by atoms with Crippen molar-refractivity contribution in [1.82, 2.24) is 20.0 Å². The summed E-state index contributed by atoms with van der Waals surface area (Å²) in [5, 5.41) is 8.82. The molecule has 2 saturated heterocycles. The van der Waals surface area contributed by atoms with Crippen LogP contribution in [0.5, 0.6) is 5.88 Å². The van der Waals surface area contributed by atoms with Gasteiger partial charge < -0.3 is 19.5 Å². The highest BCUT2D eigenvalue weighted by Crippen LogP contribution is 2.31. The Morgan fingerprint density at radius 3 is 2.83 bits per heavy atom. The second-order valence-corrected chi connectivity index (χ2v) is 9.84. The first-order valence-electron chi connectivity index (χ1n) is 12.8. The molecule has 0 saturated carbocycles. The van der Waals surface area contributed by atoms with E-state index >= 15 is 0 Å². The van der Waals surface area contributed by atoms with Gasteiger partial charge in [0.2, 0.25) is 5.88 Å². The summed E-state index contributed by atoms with van der Waals surface area (Å²) in [5.41, 5.74) is 2.79. The predicted molar refractivity (Wildman–Crippen MR) is 140 cm³/mol. The van der Waals surface area contributed by atoms with Gasteiger partial charge in [0.05, 0.1) is 24.2 Å². The van der Waals surface area contributed by atoms with E-state index in [4.69, 9.17) is 14.2 Å². The summed E-state index contributed by atoms with van der Waals surface area (Å²) in [6.07, 6.45) is 2.33. The van der Waals surface area contributed by atoms with Crippen LogP contribution in [0.2, 0.25) is 0 Å². The van der Waals surface area contributed by atoms with E-state index in [1.807, 2.05) is 61.5 Å². The number of nitrogens with one attached hydrogen (secondary N) is 1. The average Bonchev–Trinajstić information content (AvgIpc) is 3.35. The molecule has 4 aromatic rings. The van der Waals surface area contributed by atoms with E-state index in [9.17, 15) is 0 Å². The van der Waals surface area contributed by atoms with Crippen molar-refractivity contribution in [3.8, 4) is 5.88 Å². The fourth-order valence-electron chi connectivity index (χ4n) is 5.35. The van der Waals surface area contributed by atoms with Crippen molar-refractivity contribution < 1.29 is 9.26 Å². The minimum atomic E-state index is 0.515. The summed E-state index contributed by atoms with van der Waals surface area (Å²) < 4.78 is 11.7. The maximum Gasteiger partial charge on any atom is 0.213 e. The molecule has 0 radical (unpaired) electrons. The van der Waals surface area contributed by atoms with Gasteiger partial charge in [-0.3, -0.25) is 4.90 Å². The minimum absolute atomic E-state index is 0.515. The Kier molecular flexibility index (Phi) is 6.42. The fourth-order valence-corrected chi connectivity index (χ4v) is 5.35. The molecule has 8 nitrogen and oxygen atoms in total. The van der Waals surface area contributed by atoms with Crippen molar-refractivity contribution in [1.29, 1.82) is 0 Å². The van der Waals surface area contributed by atoms with Crippen LogP contribution in [-0.2, 0) is 6.54 Å². The molecule has 1 N–H and O–H groups in total. The lowest BCUT2D eigenvalue weighted by molar-refractivity contribution is 0.0716. The van der Waals surface area contributed by atoms with Crippen LogP contribution in [0.25, 0.3) is 11.0 Å². The van der Waals surface area contributed by atoms with Crippen LogP contribution in [0.1, 0.15) is 24.2 Å². The highest BCUT2D eigenvalue weighted by atomic mass is 16.5. The number of para-hydroxylation sites is 1. The molecule has 186 valence electrons. The lowest BCUT2D eigenvalue weighted by Gasteiger charge is -2.46. The van der Waals surface area contributed by atoms with Gasteiger partial charge in [0, 0.05) is 49.9 Å². The fraction of sp³-hybridized carbons (Fsp3) is 0.393. The predicted octanol–water partition coefficient (Wildman–Crippen LogP) is 4.52. The van der Waals surface area contributed by atoms with Crippen LogP contribution >= 0.6 is 0 Å². The van der Waals surface area contributed by atoms with Gasteiger partial charge in [0.25, 0.3) is 0 Å². The van der Waals surface area contributed by atoms with Gasteiger partial charge in [-0.25, -0.2) is 9.97 Å². The van der Waals surface area contributed by atoms with Crippen LogP contribution in [0.4, 0.5) is 11.6 Å². The van der Waals surface area contributed by atoms with Crippen LogP contribution < -0.4 is 15.0 Å². The van der Waals surface area contributed by atoms with Gasteiger partial charge in [-0.2, -0.15) is 0 Å². The number of hydrogen-bond acceptors (Lipinski definition) is 8. The number of rotatable bonds is 7. The van der Waals surface area contributed by atoms with Crippen molar-refractivity contribution in [3.05, 3.63) is 72.1 Å². The van der Waals surface area contributed by atoms with E-state index in [1.54, 1.807) is 0 Å². The monoisotopic (exact) mass is 484 g/mol. The molecular formula is C28H32N6O2. The molecule has 5 heterocycles. The topological polar surface area (TPSA) is 79.5 Å². The van der Waals surface area contributed by atoms with Crippen molar-refractivity contribution in [2.45, 2.75) is 32.4 Å². The van der Waals surface area contributed by atoms with Gasteiger partial charge in [-0.15, -0.1) is 0 Å². The third-order valence-electron chi connectivity index (χ3n) is 7.25. The van der Waals surface area contributed by atoms with Crippen molar-refractivity contribution in [3.63, 3.8) is 0 Å². The largest absolute Gasteiger partial charge is 0.477 e. The molecule has 0 spiro atoms. The molecule has 0 aliphatic carbocycles. The van der Waals surface area contributed by atoms with Crippen LogP contribution in [0.15, 0.2) is 65.2 Å². The number of nitrogens with zero attached hydrogens (tertiary/aromatic N) is 5. The number of fused-ring (bicyclic) bond motifs is 2. The Hall–Kier alpha value is -3.65. The van der Waals surface area contributed by atoms with Crippen molar-refractivity contribution in [2.24, 2.45) is 5.92 Å². The molecule has 2 aliphatic rings. The Balaban J connectivity index is 1.00. The van der Waals surface area contributed by atoms with Crippen LogP contribution in [-0.4, -0.2) is 58.9 Å². The Morgan fingerprint density at radius 1 is 0.972 bits per heavy atom. The highest BCUT2D eigenvalue weighted by molar-refractivity contribution is 5.88. The number of piperazine rings is 1. The summed E-state index contributed by atoms with van der Waals surface area (Å²) in [6, 6.07) is 20.6. The second-order valence-electron chi connectivity index (χ2n) is 9.84. The number of aryl methyl sites for hydroxylation is 1.